The first-order valence-electron chi connectivity index (χ1n) is 16.9. The number of hydrogen-bond acceptors (Lipinski definition) is 4. The maximum atomic E-state index is 15.1. The molecule has 8 nitrogen and oxygen atoms in total. The third kappa shape index (κ3) is 5.25. The van der Waals surface area contributed by atoms with E-state index in [1.165, 1.54) is 12.0 Å². The van der Waals surface area contributed by atoms with Crippen molar-refractivity contribution >= 4 is 28.7 Å². The van der Waals surface area contributed by atoms with Gasteiger partial charge in [-0.05, 0) is 75.6 Å². The normalized spacial score (nSPS) is 26.6. The van der Waals surface area contributed by atoms with Crippen LogP contribution in [-0.2, 0) is 27.3 Å². The zero-order chi connectivity index (χ0) is 31.3. The Hall–Kier alpha value is -3.65. The van der Waals surface area contributed by atoms with E-state index in [0.717, 1.165) is 60.7 Å². The van der Waals surface area contributed by atoms with E-state index in [2.05, 4.69) is 59.0 Å². The summed E-state index contributed by atoms with van der Waals surface area (Å²) in [7, 11) is 0. The second-order valence-corrected chi connectivity index (χ2v) is 14.2. The highest BCUT2D eigenvalue weighted by Crippen LogP contribution is 2.49. The molecule has 7 rings (SSSR count). The van der Waals surface area contributed by atoms with Gasteiger partial charge in [-0.1, -0.05) is 62.4 Å². The minimum absolute atomic E-state index is 0.0165. The van der Waals surface area contributed by atoms with Gasteiger partial charge in [-0.2, -0.15) is 0 Å². The van der Waals surface area contributed by atoms with E-state index in [9.17, 15) is 14.7 Å². The number of fused-ring (bicyclic) bond motifs is 5. The SMILES string of the molecule is C[C@@H]1CN(C(=O)C2(C3CCCCC3)Cc3ccccc3-c3cc4ccc(C(=O)NC5(C(=O)O)CCCC5)cc4n3C2)C[C@H](C)O1. The number of carboxylic acids is 1. The Balaban J connectivity index is 1.35. The first kappa shape index (κ1) is 30.0. The molecule has 2 amide bonds. The summed E-state index contributed by atoms with van der Waals surface area (Å²) in [4.78, 5) is 43.0. The first-order chi connectivity index (χ1) is 21.7. The molecule has 8 heteroatoms. The average Bonchev–Trinajstić information content (AvgIpc) is 3.62. The topological polar surface area (TPSA) is 101 Å². The Morgan fingerprint density at radius 2 is 1.62 bits per heavy atom. The number of benzene rings is 2. The number of nitrogens with zero attached hydrogens (tertiary/aromatic N) is 2. The molecule has 0 spiro atoms. The molecule has 1 unspecified atom stereocenters. The van der Waals surface area contributed by atoms with Crippen LogP contribution in [0.3, 0.4) is 0 Å². The number of aromatic nitrogens is 1. The quantitative estimate of drug-likeness (QED) is 0.358. The fourth-order valence-electron chi connectivity index (χ4n) is 8.96. The molecule has 0 bridgehead atoms. The molecule has 2 aromatic carbocycles. The van der Waals surface area contributed by atoms with Gasteiger partial charge in [0.1, 0.15) is 5.54 Å². The lowest BCUT2D eigenvalue weighted by Crippen LogP contribution is -2.57. The predicted molar refractivity (Wildman–Crippen MR) is 173 cm³/mol. The van der Waals surface area contributed by atoms with Crippen LogP contribution in [0.15, 0.2) is 48.5 Å². The second-order valence-electron chi connectivity index (χ2n) is 14.2. The lowest BCUT2D eigenvalue weighted by molar-refractivity contribution is -0.159. The Morgan fingerprint density at radius 3 is 2.33 bits per heavy atom. The van der Waals surface area contributed by atoms with Crippen molar-refractivity contribution < 1.29 is 24.2 Å². The van der Waals surface area contributed by atoms with Crippen molar-refractivity contribution in [2.24, 2.45) is 11.3 Å². The number of nitrogens with one attached hydrogen (secondary N) is 1. The first-order valence-corrected chi connectivity index (χ1v) is 16.9. The van der Waals surface area contributed by atoms with Gasteiger partial charge in [0.25, 0.3) is 5.91 Å². The molecule has 3 aromatic rings. The maximum Gasteiger partial charge on any atom is 0.329 e. The number of rotatable bonds is 5. The van der Waals surface area contributed by atoms with E-state index in [0.29, 0.717) is 44.5 Å². The summed E-state index contributed by atoms with van der Waals surface area (Å²) in [6.07, 6.45) is 8.63. The summed E-state index contributed by atoms with van der Waals surface area (Å²) >= 11 is 0. The van der Waals surface area contributed by atoms with Crippen LogP contribution >= 0.6 is 0 Å². The molecule has 3 fully saturated rings. The van der Waals surface area contributed by atoms with Crippen LogP contribution in [-0.4, -0.2) is 63.2 Å². The highest BCUT2D eigenvalue weighted by Gasteiger charge is 2.51. The van der Waals surface area contributed by atoms with Crippen molar-refractivity contribution in [2.75, 3.05) is 13.1 Å². The van der Waals surface area contributed by atoms with E-state index in [4.69, 9.17) is 4.74 Å². The third-order valence-electron chi connectivity index (χ3n) is 11.1. The van der Waals surface area contributed by atoms with Crippen LogP contribution < -0.4 is 5.32 Å². The summed E-state index contributed by atoms with van der Waals surface area (Å²) in [5.74, 6) is -0.867. The van der Waals surface area contributed by atoms with Crippen molar-refractivity contribution in [3.05, 3.63) is 59.7 Å². The van der Waals surface area contributed by atoms with Gasteiger partial charge in [0.2, 0.25) is 5.91 Å². The monoisotopic (exact) mass is 611 g/mol. The smallest absolute Gasteiger partial charge is 0.329 e. The number of aliphatic carboxylic acids is 1. The van der Waals surface area contributed by atoms with Gasteiger partial charge in [-0.15, -0.1) is 0 Å². The summed E-state index contributed by atoms with van der Waals surface area (Å²) in [5.41, 5.74) is 2.88. The Kier molecular flexibility index (Phi) is 7.75. The van der Waals surface area contributed by atoms with E-state index < -0.39 is 16.9 Å². The molecule has 2 aliphatic heterocycles. The largest absolute Gasteiger partial charge is 0.480 e. The highest BCUT2D eigenvalue weighted by atomic mass is 16.5. The molecule has 3 atom stereocenters. The number of carboxylic acid groups (broad SMARTS) is 1. The lowest BCUT2D eigenvalue weighted by atomic mass is 9.64. The predicted octanol–water partition coefficient (Wildman–Crippen LogP) is 6.19. The lowest BCUT2D eigenvalue weighted by Gasteiger charge is -2.46. The third-order valence-corrected chi connectivity index (χ3v) is 11.1. The molecule has 2 aliphatic carbocycles. The molecule has 1 saturated heterocycles. The standard InChI is InChI=1S/C37H45N3O5/c1-24-21-39(22-25(2)45-24)34(42)36(29-11-4-3-5-12-29)20-28-10-6-7-13-30(28)32-18-26-14-15-27(19-31(26)40(32)23-36)33(41)38-37(35(43)44)16-8-9-17-37/h6-7,10,13-15,18-19,24-25,29H,3-5,8-9,11-12,16-17,20-23H2,1-2H3,(H,38,41)(H,43,44)/t24-,25+,36?. The van der Waals surface area contributed by atoms with Gasteiger partial charge in [0.15, 0.2) is 0 Å². The Bertz CT molecular complexity index is 1620. The number of amides is 2. The van der Waals surface area contributed by atoms with Gasteiger partial charge in [-0.25, -0.2) is 4.79 Å². The number of morpholine rings is 1. The summed E-state index contributed by atoms with van der Waals surface area (Å²) < 4.78 is 8.34. The van der Waals surface area contributed by atoms with Crippen molar-refractivity contribution in [1.82, 2.24) is 14.8 Å². The van der Waals surface area contributed by atoms with Crippen LogP contribution in [0, 0.1) is 11.3 Å². The maximum absolute atomic E-state index is 15.1. The van der Waals surface area contributed by atoms with Gasteiger partial charge in [0, 0.05) is 47.4 Å². The van der Waals surface area contributed by atoms with Crippen molar-refractivity contribution in [3.63, 3.8) is 0 Å². The minimum atomic E-state index is -1.21. The fourth-order valence-corrected chi connectivity index (χ4v) is 8.96. The molecule has 0 radical (unpaired) electrons. The summed E-state index contributed by atoms with van der Waals surface area (Å²) in [6.45, 7) is 5.82. The van der Waals surface area contributed by atoms with Crippen molar-refractivity contribution in [2.45, 2.75) is 102 Å². The van der Waals surface area contributed by atoms with Gasteiger partial charge < -0.3 is 24.6 Å². The number of carbonyl (C=O) groups excluding carboxylic acids is 2. The molecule has 4 aliphatic rings. The van der Waals surface area contributed by atoms with Gasteiger partial charge in [0.05, 0.1) is 17.6 Å². The van der Waals surface area contributed by atoms with Crippen molar-refractivity contribution in [1.29, 1.82) is 0 Å². The van der Waals surface area contributed by atoms with E-state index in [1.807, 2.05) is 12.1 Å². The van der Waals surface area contributed by atoms with Crippen LogP contribution in [0.25, 0.3) is 22.2 Å². The van der Waals surface area contributed by atoms with E-state index in [-0.39, 0.29) is 29.9 Å². The van der Waals surface area contributed by atoms with Crippen LogP contribution in [0.1, 0.15) is 87.6 Å². The number of ether oxygens (including phenoxy) is 1. The van der Waals surface area contributed by atoms with Crippen LogP contribution in [0.5, 0.6) is 0 Å². The molecule has 45 heavy (non-hydrogen) atoms. The Labute approximate surface area is 265 Å². The average molecular weight is 612 g/mol. The highest BCUT2D eigenvalue weighted by molar-refractivity contribution is 6.01. The minimum Gasteiger partial charge on any atom is -0.480 e. The second kappa shape index (κ2) is 11.6. The zero-order valence-corrected chi connectivity index (χ0v) is 26.5. The molecular weight excluding hydrogens is 566 g/mol. The van der Waals surface area contributed by atoms with E-state index >= 15 is 4.79 Å². The number of carbonyl (C=O) groups is 3. The van der Waals surface area contributed by atoms with Crippen LogP contribution in [0.4, 0.5) is 0 Å². The zero-order valence-electron chi connectivity index (χ0n) is 26.5. The molecule has 238 valence electrons. The fraction of sp³-hybridized carbons (Fsp3) is 0.541. The van der Waals surface area contributed by atoms with Crippen molar-refractivity contribution in [3.8, 4) is 11.3 Å². The molecule has 2 saturated carbocycles. The molecular formula is C37H45N3O5. The van der Waals surface area contributed by atoms with Gasteiger partial charge >= 0.3 is 5.97 Å². The van der Waals surface area contributed by atoms with E-state index in [1.54, 1.807) is 6.07 Å². The summed E-state index contributed by atoms with van der Waals surface area (Å²) in [5, 5.41) is 13.9. The summed E-state index contributed by atoms with van der Waals surface area (Å²) in [6, 6.07) is 16.3. The van der Waals surface area contributed by atoms with Gasteiger partial charge in [-0.3, -0.25) is 9.59 Å². The molecule has 2 N–H and O–H groups in total. The molecule has 1 aromatic heterocycles. The van der Waals surface area contributed by atoms with Crippen LogP contribution in [0.2, 0.25) is 0 Å². The number of hydrogen-bond donors (Lipinski definition) is 2. The molecule has 3 heterocycles. The Morgan fingerprint density at radius 1 is 0.911 bits per heavy atom.